The first-order chi connectivity index (χ1) is 2.94. The summed E-state index contributed by atoms with van der Waals surface area (Å²) in [7, 11) is -1.13. The summed E-state index contributed by atoms with van der Waals surface area (Å²) in [5.41, 5.74) is -1.12. The van der Waals surface area contributed by atoms with Crippen molar-refractivity contribution in [3.63, 3.8) is 0 Å². The smallest absolute Gasteiger partial charge is 0.185 e. The topological polar surface area (TPSA) is 40.5 Å². The Morgan fingerprint density at radius 2 is 1.29 bits per heavy atom. The molecule has 0 bridgehead atoms. The van der Waals surface area contributed by atoms with Crippen molar-refractivity contribution in [2.75, 3.05) is 18.8 Å². The summed E-state index contributed by atoms with van der Waals surface area (Å²) in [6, 6.07) is 0. The van der Waals surface area contributed by atoms with Gasteiger partial charge in [0, 0.05) is 0 Å². The number of rotatable bonds is 1. The van der Waals surface area contributed by atoms with Crippen molar-refractivity contribution in [3.05, 3.63) is 0 Å². The van der Waals surface area contributed by atoms with Crippen molar-refractivity contribution >= 4 is 10.0 Å². The Morgan fingerprint density at radius 3 is 1.29 bits per heavy atom. The van der Waals surface area contributed by atoms with E-state index in [0.29, 0.717) is 0 Å². The molecule has 0 aromatic heterocycles. The highest BCUT2D eigenvalue weighted by atomic mass is 32.3. The first-order valence-electron chi connectivity index (χ1n) is 1.98. The Balaban J connectivity index is 3.54. The van der Waals surface area contributed by atoms with Crippen LogP contribution in [-0.4, -0.2) is 34.6 Å². The summed E-state index contributed by atoms with van der Waals surface area (Å²) in [6.45, 7) is 0. The van der Waals surface area contributed by atoms with E-state index in [2.05, 4.69) is 0 Å². The zero-order chi connectivity index (χ0) is 6.08. The maximum Gasteiger partial charge on any atom is 0.185 e. The molecule has 2 N–H and O–H groups in total. The summed E-state index contributed by atoms with van der Waals surface area (Å²) in [5, 5.41) is 17.0. The van der Waals surface area contributed by atoms with E-state index < -0.39 is 15.7 Å². The van der Waals surface area contributed by atoms with Crippen LogP contribution in [0.4, 0.5) is 0 Å². The monoisotopic (exact) mass is 124 g/mol. The van der Waals surface area contributed by atoms with Gasteiger partial charge in [-0.2, -0.15) is 10.0 Å². The Kier molecular flexibility index (Phi) is 2.10. The molecule has 0 saturated heterocycles. The second-order valence-electron chi connectivity index (χ2n) is 2.26. The minimum atomic E-state index is -1.13. The van der Waals surface area contributed by atoms with Gasteiger partial charge >= 0.3 is 0 Å². The lowest BCUT2D eigenvalue weighted by molar-refractivity contribution is 0.0371. The number of hydrogen-bond donors (Lipinski definition) is 2. The van der Waals surface area contributed by atoms with Gasteiger partial charge in [-0.3, -0.25) is 0 Å². The summed E-state index contributed by atoms with van der Waals surface area (Å²) in [6.07, 6.45) is 5.53. The first-order valence-corrected chi connectivity index (χ1v) is 4.90. The van der Waals surface area contributed by atoms with Gasteiger partial charge in [-0.15, -0.1) is 0 Å². The van der Waals surface area contributed by atoms with E-state index >= 15 is 0 Å². The standard InChI is InChI=1S/C4H12O2S/c1-7(2,3)4(5)6/h4-6H,1-3H3. The second kappa shape index (κ2) is 2.03. The zero-order valence-corrected chi connectivity index (χ0v) is 5.70. The molecule has 0 aromatic rings. The van der Waals surface area contributed by atoms with E-state index in [-0.39, 0.29) is 0 Å². The van der Waals surface area contributed by atoms with E-state index in [1.54, 1.807) is 0 Å². The molecule has 3 heteroatoms. The van der Waals surface area contributed by atoms with Crippen LogP contribution < -0.4 is 0 Å². The number of aliphatic hydroxyl groups excluding tert-OH is 1. The molecule has 0 saturated carbocycles. The molecule has 0 aliphatic heterocycles. The Morgan fingerprint density at radius 1 is 1.14 bits per heavy atom. The normalized spacial score (nSPS) is 15.1. The third-order valence-corrected chi connectivity index (χ3v) is 1.90. The van der Waals surface area contributed by atoms with Crippen molar-refractivity contribution in [1.82, 2.24) is 0 Å². The molecule has 46 valence electrons. The van der Waals surface area contributed by atoms with Crippen LogP contribution in [0.3, 0.4) is 0 Å². The third kappa shape index (κ3) is 2.91. The van der Waals surface area contributed by atoms with E-state index in [1.807, 2.05) is 18.8 Å². The van der Waals surface area contributed by atoms with Crippen LogP contribution in [0.1, 0.15) is 0 Å². The minimum Gasteiger partial charge on any atom is -0.361 e. The zero-order valence-electron chi connectivity index (χ0n) is 4.88. The molecule has 0 fully saturated rings. The Hall–Kier alpha value is 0.270. The highest BCUT2D eigenvalue weighted by Gasteiger charge is 2.11. The average molecular weight is 124 g/mol. The highest BCUT2D eigenvalue weighted by Crippen LogP contribution is 2.37. The lowest BCUT2D eigenvalue weighted by Gasteiger charge is -2.26. The average Bonchev–Trinajstić information content (AvgIpc) is 1.31. The van der Waals surface area contributed by atoms with Gasteiger partial charge in [0.2, 0.25) is 0 Å². The predicted octanol–water partition coefficient (Wildman–Crippen LogP) is -0.0514. The summed E-state index contributed by atoms with van der Waals surface area (Å²) >= 11 is 0. The second-order valence-corrected chi connectivity index (χ2v) is 6.54. The van der Waals surface area contributed by atoms with Crippen LogP contribution in [0.25, 0.3) is 0 Å². The molecular formula is C4H12O2S. The number of hydrogen-bond acceptors (Lipinski definition) is 2. The molecule has 7 heavy (non-hydrogen) atoms. The first kappa shape index (κ1) is 7.27. The van der Waals surface area contributed by atoms with E-state index in [4.69, 9.17) is 10.2 Å². The van der Waals surface area contributed by atoms with Crippen LogP contribution in [-0.2, 0) is 0 Å². The van der Waals surface area contributed by atoms with Crippen molar-refractivity contribution in [2.45, 2.75) is 5.62 Å². The lowest BCUT2D eigenvalue weighted by atomic mass is 11.5. The van der Waals surface area contributed by atoms with Crippen LogP contribution >= 0.6 is 10.0 Å². The minimum absolute atomic E-state index is 1.12. The Labute approximate surface area is 45.5 Å². The molecule has 0 aliphatic carbocycles. The van der Waals surface area contributed by atoms with Gasteiger partial charge < -0.3 is 10.2 Å². The molecule has 0 radical (unpaired) electrons. The molecule has 0 spiro atoms. The van der Waals surface area contributed by atoms with Gasteiger partial charge in [0.1, 0.15) is 0 Å². The van der Waals surface area contributed by atoms with Crippen LogP contribution in [0.2, 0.25) is 0 Å². The highest BCUT2D eigenvalue weighted by molar-refractivity contribution is 8.32. The summed E-state index contributed by atoms with van der Waals surface area (Å²) < 4.78 is 0. The summed E-state index contributed by atoms with van der Waals surface area (Å²) in [4.78, 5) is 0. The Bertz CT molecular complexity index is 55.2. The maximum atomic E-state index is 8.48. The molecule has 0 aliphatic rings. The van der Waals surface area contributed by atoms with Crippen molar-refractivity contribution < 1.29 is 10.2 Å². The van der Waals surface area contributed by atoms with E-state index in [1.165, 1.54) is 0 Å². The fraction of sp³-hybridized carbons (Fsp3) is 1.00. The van der Waals surface area contributed by atoms with Crippen molar-refractivity contribution in [3.8, 4) is 0 Å². The lowest BCUT2D eigenvalue weighted by Crippen LogP contribution is -2.12. The SMILES string of the molecule is CS(C)(C)C(O)O. The fourth-order valence-corrected chi connectivity index (χ4v) is 0. The molecule has 2 nitrogen and oxygen atoms in total. The summed E-state index contributed by atoms with van der Waals surface area (Å²) in [5.74, 6) is 0. The van der Waals surface area contributed by atoms with Crippen molar-refractivity contribution in [1.29, 1.82) is 0 Å². The quantitative estimate of drug-likeness (QED) is 0.481. The largest absolute Gasteiger partial charge is 0.361 e. The van der Waals surface area contributed by atoms with Gasteiger partial charge in [0.05, 0.1) is 0 Å². The van der Waals surface area contributed by atoms with Gasteiger partial charge in [-0.05, 0) is 18.8 Å². The van der Waals surface area contributed by atoms with Gasteiger partial charge in [0.25, 0.3) is 0 Å². The van der Waals surface area contributed by atoms with Gasteiger partial charge in [-0.25, -0.2) is 0 Å². The fourth-order valence-electron chi connectivity index (χ4n) is 0. The third-order valence-electron chi connectivity index (χ3n) is 0.632. The molecule has 0 aromatic carbocycles. The van der Waals surface area contributed by atoms with Crippen LogP contribution in [0.15, 0.2) is 0 Å². The van der Waals surface area contributed by atoms with Crippen LogP contribution in [0, 0.1) is 0 Å². The van der Waals surface area contributed by atoms with Gasteiger partial charge in [0.15, 0.2) is 5.62 Å². The predicted molar refractivity (Wildman–Crippen MR) is 33.6 cm³/mol. The van der Waals surface area contributed by atoms with Crippen LogP contribution in [0.5, 0.6) is 0 Å². The molecular weight excluding hydrogens is 112 g/mol. The molecule has 0 atom stereocenters. The van der Waals surface area contributed by atoms with E-state index in [9.17, 15) is 0 Å². The van der Waals surface area contributed by atoms with Crippen molar-refractivity contribution in [2.24, 2.45) is 0 Å². The molecule has 0 amide bonds. The number of aliphatic hydroxyl groups is 2. The molecule has 0 unspecified atom stereocenters. The van der Waals surface area contributed by atoms with Gasteiger partial charge in [-0.1, -0.05) is 0 Å². The maximum absolute atomic E-state index is 8.48. The molecule has 0 heterocycles. The molecule has 0 rings (SSSR count). The van der Waals surface area contributed by atoms with E-state index in [0.717, 1.165) is 0 Å².